The van der Waals surface area contributed by atoms with Gasteiger partial charge in [-0.05, 0) is 26.3 Å². The van der Waals surface area contributed by atoms with Gasteiger partial charge in [-0.2, -0.15) is 0 Å². The monoisotopic (exact) mass is 226 g/mol. The van der Waals surface area contributed by atoms with E-state index in [1.165, 1.54) is 6.42 Å². The Kier molecular flexibility index (Phi) is 3.50. The van der Waals surface area contributed by atoms with Crippen LogP contribution in [0.4, 0.5) is 0 Å². The van der Waals surface area contributed by atoms with Gasteiger partial charge in [0, 0.05) is 19.6 Å². The van der Waals surface area contributed by atoms with Gasteiger partial charge in [0.15, 0.2) is 0 Å². The number of amides is 1. The standard InChI is InChI=1S/C12H22N2O2/c1-13-8-7-10(12(13)16)14(2)9-5-3-4-6-11(9)15/h9-11,15H,3-8H2,1-2H3. The number of carbonyl (C=O) groups excluding carboxylic acids is 1. The van der Waals surface area contributed by atoms with Gasteiger partial charge in [-0.3, -0.25) is 9.69 Å². The van der Waals surface area contributed by atoms with Crippen LogP contribution in [-0.4, -0.2) is 59.6 Å². The van der Waals surface area contributed by atoms with Crippen LogP contribution in [0.2, 0.25) is 0 Å². The third-order valence-electron chi connectivity index (χ3n) is 4.11. The summed E-state index contributed by atoms with van der Waals surface area (Å²) >= 11 is 0. The molecule has 1 aliphatic carbocycles. The first-order valence-corrected chi connectivity index (χ1v) is 6.26. The summed E-state index contributed by atoms with van der Waals surface area (Å²) in [7, 11) is 3.84. The number of aliphatic hydroxyl groups is 1. The van der Waals surface area contributed by atoms with Crippen molar-refractivity contribution < 1.29 is 9.90 Å². The Hall–Kier alpha value is -0.610. The number of hydrogen-bond acceptors (Lipinski definition) is 3. The van der Waals surface area contributed by atoms with Gasteiger partial charge in [-0.1, -0.05) is 12.8 Å². The van der Waals surface area contributed by atoms with E-state index in [-0.39, 0.29) is 24.1 Å². The van der Waals surface area contributed by atoms with E-state index < -0.39 is 0 Å². The minimum absolute atomic E-state index is 0.0113. The van der Waals surface area contributed by atoms with E-state index in [1.54, 1.807) is 4.90 Å². The van der Waals surface area contributed by atoms with E-state index in [1.807, 2.05) is 14.1 Å². The molecular weight excluding hydrogens is 204 g/mol. The molecule has 0 spiro atoms. The first kappa shape index (κ1) is 11.9. The van der Waals surface area contributed by atoms with Crippen LogP contribution >= 0.6 is 0 Å². The van der Waals surface area contributed by atoms with Gasteiger partial charge >= 0.3 is 0 Å². The molecule has 0 bridgehead atoms. The van der Waals surface area contributed by atoms with E-state index in [0.717, 1.165) is 32.2 Å². The SMILES string of the molecule is CN1CCC(N(C)C2CCCCC2O)C1=O. The summed E-state index contributed by atoms with van der Waals surface area (Å²) in [5.41, 5.74) is 0. The summed E-state index contributed by atoms with van der Waals surface area (Å²) in [6, 6.07) is 0.164. The fourth-order valence-electron chi connectivity index (χ4n) is 2.98. The molecule has 4 heteroatoms. The predicted octanol–water partition coefficient (Wildman–Crippen LogP) is 0.452. The largest absolute Gasteiger partial charge is 0.391 e. The zero-order valence-electron chi connectivity index (χ0n) is 10.2. The third kappa shape index (κ3) is 2.09. The number of hydrogen-bond donors (Lipinski definition) is 1. The number of likely N-dealkylation sites (tertiary alicyclic amines) is 1. The molecule has 0 aromatic rings. The van der Waals surface area contributed by atoms with Gasteiger partial charge in [0.05, 0.1) is 12.1 Å². The second kappa shape index (κ2) is 4.72. The van der Waals surface area contributed by atoms with Crippen molar-refractivity contribution in [3.63, 3.8) is 0 Å². The Morgan fingerprint density at radius 2 is 2.00 bits per heavy atom. The molecule has 1 saturated carbocycles. The van der Waals surface area contributed by atoms with Crippen LogP contribution in [0.25, 0.3) is 0 Å². The number of carbonyl (C=O) groups is 1. The molecule has 16 heavy (non-hydrogen) atoms. The average molecular weight is 226 g/mol. The van der Waals surface area contributed by atoms with E-state index >= 15 is 0 Å². The van der Waals surface area contributed by atoms with Crippen LogP contribution in [0.5, 0.6) is 0 Å². The number of aliphatic hydroxyl groups excluding tert-OH is 1. The lowest BCUT2D eigenvalue weighted by atomic mass is 9.90. The highest BCUT2D eigenvalue weighted by Crippen LogP contribution is 2.26. The molecule has 3 unspecified atom stereocenters. The maximum absolute atomic E-state index is 11.9. The van der Waals surface area contributed by atoms with Crippen LogP contribution in [0.15, 0.2) is 0 Å². The molecule has 3 atom stereocenters. The van der Waals surface area contributed by atoms with E-state index in [0.29, 0.717) is 0 Å². The minimum Gasteiger partial charge on any atom is -0.391 e. The highest BCUT2D eigenvalue weighted by atomic mass is 16.3. The molecule has 92 valence electrons. The van der Waals surface area contributed by atoms with Crippen molar-refractivity contribution in [2.75, 3.05) is 20.6 Å². The van der Waals surface area contributed by atoms with Crippen molar-refractivity contribution in [1.82, 2.24) is 9.80 Å². The molecule has 0 aromatic heterocycles. The highest BCUT2D eigenvalue weighted by Gasteiger charge is 2.38. The van der Waals surface area contributed by atoms with Crippen LogP contribution in [-0.2, 0) is 4.79 Å². The zero-order chi connectivity index (χ0) is 11.7. The number of likely N-dealkylation sites (N-methyl/N-ethyl adjacent to an activating group) is 2. The van der Waals surface area contributed by atoms with Crippen molar-refractivity contribution >= 4 is 5.91 Å². The normalized spacial score (nSPS) is 36.1. The predicted molar refractivity (Wildman–Crippen MR) is 62.1 cm³/mol. The van der Waals surface area contributed by atoms with E-state index in [2.05, 4.69) is 4.90 Å². The van der Waals surface area contributed by atoms with Crippen molar-refractivity contribution in [1.29, 1.82) is 0 Å². The van der Waals surface area contributed by atoms with Crippen molar-refractivity contribution in [3.8, 4) is 0 Å². The minimum atomic E-state index is -0.252. The molecule has 2 fully saturated rings. The molecule has 2 aliphatic rings. The van der Waals surface area contributed by atoms with Crippen LogP contribution in [0.3, 0.4) is 0 Å². The molecule has 1 aliphatic heterocycles. The van der Waals surface area contributed by atoms with Gasteiger partial charge in [-0.25, -0.2) is 0 Å². The summed E-state index contributed by atoms with van der Waals surface area (Å²) in [6.07, 6.45) is 4.83. The average Bonchev–Trinajstić information content (AvgIpc) is 2.60. The third-order valence-corrected chi connectivity index (χ3v) is 4.11. The maximum Gasteiger partial charge on any atom is 0.239 e. The molecule has 0 aromatic carbocycles. The Morgan fingerprint density at radius 1 is 1.31 bits per heavy atom. The van der Waals surface area contributed by atoms with Crippen LogP contribution in [0.1, 0.15) is 32.1 Å². The van der Waals surface area contributed by atoms with Crippen molar-refractivity contribution in [2.45, 2.75) is 50.3 Å². The maximum atomic E-state index is 11.9. The molecule has 1 saturated heterocycles. The molecule has 0 radical (unpaired) electrons. The van der Waals surface area contributed by atoms with Gasteiger partial charge in [-0.15, -0.1) is 0 Å². The van der Waals surface area contributed by atoms with Crippen LogP contribution < -0.4 is 0 Å². The number of nitrogens with zero attached hydrogens (tertiary/aromatic N) is 2. The molecular formula is C12H22N2O2. The molecule has 1 amide bonds. The van der Waals surface area contributed by atoms with Gasteiger partial charge < -0.3 is 10.0 Å². The van der Waals surface area contributed by atoms with E-state index in [9.17, 15) is 9.90 Å². The lowest BCUT2D eigenvalue weighted by Crippen LogP contribution is -2.50. The first-order chi connectivity index (χ1) is 7.61. The van der Waals surface area contributed by atoms with Gasteiger partial charge in [0.25, 0.3) is 0 Å². The lowest BCUT2D eigenvalue weighted by Gasteiger charge is -2.37. The zero-order valence-corrected chi connectivity index (χ0v) is 10.2. The molecule has 2 rings (SSSR count). The quantitative estimate of drug-likeness (QED) is 0.743. The summed E-state index contributed by atoms with van der Waals surface area (Å²) in [5, 5.41) is 9.99. The van der Waals surface area contributed by atoms with Gasteiger partial charge in [0.1, 0.15) is 0 Å². The summed E-state index contributed by atoms with van der Waals surface area (Å²) < 4.78 is 0. The Labute approximate surface area is 97.2 Å². The highest BCUT2D eigenvalue weighted by molar-refractivity contribution is 5.83. The Morgan fingerprint density at radius 3 is 2.56 bits per heavy atom. The fourth-order valence-corrected chi connectivity index (χ4v) is 2.98. The van der Waals surface area contributed by atoms with Crippen LogP contribution in [0, 0.1) is 0 Å². The topological polar surface area (TPSA) is 43.8 Å². The molecule has 1 heterocycles. The second-order valence-corrected chi connectivity index (χ2v) is 5.15. The Bertz CT molecular complexity index is 270. The summed E-state index contributed by atoms with van der Waals surface area (Å²) in [4.78, 5) is 15.8. The van der Waals surface area contributed by atoms with Gasteiger partial charge in [0.2, 0.25) is 5.91 Å². The number of rotatable bonds is 2. The summed E-state index contributed by atoms with van der Waals surface area (Å²) in [6.45, 7) is 0.844. The van der Waals surface area contributed by atoms with Crippen molar-refractivity contribution in [3.05, 3.63) is 0 Å². The van der Waals surface area contributed by atoms with E-state index in [4.69, 9.17) is 0 Å². The smallest absolute Gasteiger partial charge is 0.239 e. The fraction of sp³-hybridized carbons (Fsp3) is 0.917. The molecule has 4 nitrogen and oxygen atoms in total. The second-order valence-electron chi connectivity index (χ2n) is 5.15. The lowest BCUT2D eigenvalue weighted by molar-refractivity contribution is -0.132. The summed E-state index contributed by atoms with van der Waals surface area (Å²) in [5.74, 6) is 0.209. The first-order valence-electron chi connectivity index (χ1n) is 6.26. The molecule has 1 N–H and O–H groups in total. The van der Waals surface area contributed by atoms with Crippen molar-refractivity contribution in [2.24, 2.45) is 0 Å². The Balaban J connectivity index is 2.01.